The van der Waals surface area contributed by atoms with Crippen LogP contribution in [0, 0.1) is 11.8 Å². The standard InChI is InChI=1S/C16H19N3O2/c17-9-3-7-13-5-1-2-6-14(13)11-18-15(20)12-19-10-4-8-16(19)21/h1-2,5-6H,4,8-12,17H2,(H,18,20). The molecule has 2 amide bonds. The van der Waals surface area contributed by atoms with Crippen LogP contribution >= 0.6 is 0 Å². The molecule has 5 nitrogen and oxygen atoms in total. The second-order valence-corrected chi connectivity index (χ2v) is 4.86. The van der Waals surface area contributed by atoms with Crippen LogP contribution in [-0.2, 0) is 16.1 Å². The molecule has 1 aromatic rings. The second-order valence-electron chi connectivity index (χ2n) is 4.86. The Morgan fingerprint density at radius 1 is 1.38 bits per heavy atom. The van der Waals surface area contributed by atoms with Crippen molar-refractivity contribution in [1.82, 2.24) is 10.2 Å². The van der Waals surface area contributed by atoms with Crippen LogP contribution in [0.15, 0.2) is 24.3 Å². The highest BCUT2D eigenvalue weighted by atomic mass is 16.2. The zero-order valence-corrected chi connectivity index (χ0v) is 11.9. The van der Waals surface area contributed by atoms with Gasteiger partial charge in [-0.05, 0) is 18.1 Å². The first kappa shape index (κ1) is 15.1. The number of carbonyl (C=O) groups is 2. The first-order valence-electron chi connectivity index (χ1n) is 7.02. The van der Waals surface area contributed by atoms with Gasteiger partial charge in [0.1, 0.15) is 0 Å². The molecule has 0 atom stereocenters. The van der Waals surface area contributed by atoms with Gasteiger partial charge in [-0.25, -0.2) is 0 Å². The summed E-state index contributed by atoms with van der Waals surface area (Å²) >= 11 is 0. The first-order valence-corrected chi connectivity index (χ1v) is 7.02. The molecule has 1 aliphatic rings. The van der Waals surface area contributed by atoms with E-state index in [1.165, 1.54) is 0 Å². The van der Waals surface area contributed by atoms with E-state index in [-0.39, 0.29) is 18.4 Å². The maximum absolute atomic E-state index is 11.9. The van der Waals surface area contributed by atoms with E-state index < -0.39 is 0 Å². The van der Waals surface area contributed by atoms with E-state index in [1.807, 2.05) is 24.3 Å². The number of nitrogens with zero attached hydrogens (tertiary/aromatic N) is 1. The largest absolute Gasteiger partial charge is 0.350 e. The molecule has 0 spiro atoms. The molecule has 0 saturated carbocycles. The lowest BCUT2D eigenvalue weighted by atomic mass is 10.1. The van der Waals surface area contributed by atoms with Gasteiger partial charge in [-0.2, -0.15) is 0 Å². The number of nitrogens with two attached hydrogens (primary N) is 1. The Morgan fingerprint density at radius 2 is 2.19 bits per heavy atom. The molecule has 0 aliphatic carbocycles. The summed E-state index contributed by atoms with van der Waals surface area (Å²) < 4.78 is 0. The summed E-state index contributed by atoms with van der Waals surface area (Å²) in [6.45, 7) is 1.51. The molecule has 21 heavy (non-hydrogen) atoms. The van der Waals surface area contributed by atoms with Crippen molar-refractivity contribution in [1.29, 1.82) is 0 Å². The van der Waals surface area contributed by atoms with Crippen molar-refractivity contribution < 1.29 is 9.59 Å². The minimum absolute atomic E-state index is 0.0550. The molecule has 1 fully saturated rings. The summed E-state index contributed by atoms with van der Waals surface area (Å²) in [5, 5.41) is 2.83. The van der Waals surface area contributed by atoms with Crippen LogP contribution in [0.3, 0.4) is 0 Å². The molecular formula is C16H19N3O2. The average Bonchev–Trinajstić information content (AvgIpc) is 2.89. The fourth-order valence-corrected chi connectivity index (χ4v) is 2.24. The molecule has 1 aliphatic heterocycles. The zero-order valence-electron chi connectivity index (χ0n) is 11.9. The monoisotopic (exact) mass is 285 g/mol. The molecule has 1 saturated heterocycles. The number of benzene rings is 1. The lowest BCUT2D eigenvalue weighted by Gasteiger charge is -2.15. The van der Waals surface area contributed by atoms with Crippen molar-refractivity contribution in [3.63, 3.8) is 0 Å². The summed E-state index contributed by atoms with van der Waals surface area (Å²) in [6, 6.07) is 7.61. The van der Waals surface area contributed by atoms with Crippen LogP contribution in [0.4, 0.5) is 0 Å². The number of hydrogen-bond donors (Lipinski definition) is 2. The maximum atomic E-state index is 11.9. The lowest BCUT2D eigenvalue weighted by molar-refractivity contribution is -0.133. The number of rotatable bonds is 4. The SMILES string of the molecule is NCC#Cc1ccccc1CNC(=O)CN1CCCC1=O. The van der Waals surface area contributed by atoms with Crippen molar-refractivity contribution in [3.05, 3.63) is 35.4 Å². The van der Waals surface area contributed by atoms with Crippen LogP contribution in [-0.4, -0.2) is 36.3 Å². The Hall–Kier alpha value is -2.32. The molecule has 1 aromatic carbocycles. The Labute approximate surface area is 124 Å². The summed E-state index contributed by atoms with van der Waals surface area (Å²) in [5.41, 5.74) is 7.18. The van der Waals surface area contributed by atoms with E-state index in [1.54, 1.807) is 4.90 Å². The average molecular weight is 285 g/mol. The van der Waals surface area contributed by atoms with Crippen LogP contribution in [0.5, 0.6) is 0 Å². The molecule has 0 unspecified atom stereocenters. The van der Waals surface area contributed by atoms with Crippen LogP contribution in [0.25, 0.3) is 0 Å². The van der Waals surface area contributed by atoms with Gasteiger partial charge in [0, 0.05) is 25.1 Å². The van der Waals surface area contributed by atoms with E-state index in [0.717, 1.165) is 17.5 Å². The van der Waals surface area contributed by atoms with Crippen molar-refractivity contribution >= 4 is 11.8 Å². The minimum Gasteiger partial charge on any atom is -0.350 e. The Morgan fingerprint density at radius 3 is 2.90 bits per heavy atom. The highest BCUT2D eigenvalue weighted by Crippen LogP contribution is 2.09. The van der Waals surface area contributed by atoms with E-state index in [9.17, 15) is 9.59 Å². The first-order chi connectivity index (χ1) is 10.2. The van der Waals surface area contributed by atoms with Gasteiger partial charge in [-0.3, -0.25) is 9.59 Å². The zero-order chi connectivity index (χ0) is 15.1. The number of likely N-dealkylation sites (tertiary alicyclic amines) is 1. The predicted octanol–water partition coefficient (Wildman–Crippen LogP) is 0.235. The Balaban J connectivity index is 1.90. The smallest absolute Gasteiger partial charge is 0.239 e. The Bertz CT molecular complexity index is 587. The molecule has 0 aromatic heterocycles. The molecule has 110 valence electrons. The predicted molar refractivity (Wildman–Crippen MR) is 80.0 cm³/mol. The number of hydrogen-bond acceptors (Lipinski definition) is 3. The van der Waals surface area contributed by atoms with Gasteiger partial charge in [0.2, 0.25) is 11.8 Å². The van der Waals surface area contributed by atoms with Gasteiger partial charge in [-0.1, -0.05) is 30.0 Å². The third-order valence-corrected chi connectivity index (χ3v) is 3.32. The van der Waals surface area contributed by atoms with E-state index in [0.29, 0.717) is 26.1 Å². The third kappa shape index (κ3) is 4.33. The van der Waals surface area contributed by atoms with Gasteiger partial charge in [-0.15, -0.1) is 0 Å². The highest BCUT2D eigenvalue weighted by Gasteiger charge is 2.22. The van der Waals surface area contributed by atoms with E-state index in [2.05, 4.69) is 17.2 Å². The molecular weight excluding hydrogens is 266 g/mol. The quantitative estimate of drug-likeness (QED) is 0.778. The molecule has 2 rings (SSSR count). The number of carbonyl (C=O) groups excluding carboxylic acids is 2. The van der Waals surface area contributed by atoms with Gasteiger partial charge in [0.15, 0.2) is 0 Å². The van der Waals surface area contributed by atoms with Gasteiger partial charge >= 0.3 is 0 Å². The Kier molecular flexibility index (Phi) is 5.35. The van der Waals surface area contributed by atoms with Gasteiger partial charge in [0.25, 0.3) is 0 Å². The highest BCUT2D eigenvalue weighted by molar-refractivity contribution is 5.85. The van der Waals surface area contributed by atoms with Crippen LogP contribution in [0.1, 0.15) is 24.0 Å². The normalized spacial score (nSPS) is 13.8. The van der Waals surface area contributed by atoms with Gasteiger partial charge in [0.05, 0.1) is 13.1 Å². The summed E-state index contributed by atoms with van der Waals surface area (Å²) in [5.74, 6) is 5.70. The van der Waals surface area contributed by atoms with Crippen molar-refractivity contribution in [3.8, 4) is 11.8 Å². The van der Waals surface area contributed by atoms with Crippen molar-refractivity contribution in [2.75, 3.05) is 19.6 Å². The molecule has 0 bridgehead atoms. The van der Waals surface area contributed by atoms with Gasteiger partial charge < -0.3 is 16.0 Å². The lowest BCUT2D eigenvalue weighted by Crippen LogP contribution is -2.37. The number of nitrogens with one attached hydrogen (secondary N) is 1. The second kappa shape index (κ2) is 7.46. The van der Waals surface area contributed by atoms with E-state index >= 15 is 0 Å². The molecule has 5 heteroatoms. The fourth-order valence-electron chi connectivity index (χ4n) is 2.24. The topological polar surface area (TPSA) is 75.4 Å². The van der Waals surface area contributed by atoms with Crippen LogP contribution in [0.2, 0.25) is 0 Å². The number of amides is 2. The van der Waals surface area contributed by atoms with Crippen molar-refractivity contribution in [2.24, 2.45) is 5.73 Å². The van der Waals surface area contributed by atoms with E-state index in [4.69, 9.17) is 5.73 Å². The fraction of sp³-hybridized carbons (Fsp3) is 0.375. The summed E-state index contributed by atoms with van der Waals surface area (Å²) in [4.78, 5) is 24.9. The minimum atomic E-state index is -0.146. The van der Waals surface area contributed by atoms with Crippen molar-refractivity contribution in [2.45, 2.75) is 19.4 Å². The third-order valence-electron chi connectivity index (χ3n) is 3.32. The molecule has 1 heterocycles. The van der Waals surface area contributed by atoms with Crippen LogP contribution < -0.4 is 11.1 Å². The summed E-state index contributed by atoms with van der Waals surface area (Å²) in [6.07, 6.45) is 1.38. The molecule has 3 N–H and O–H groups in total. The molecule has 0 radical (unpaired) electrons. The maximum Gasteiger partial charge on any atom is 0.239 e. The summed E-state index contributed by atoms with van der Waals surface area (Å²) in [7, 11) is 0.